The highest BCUT2D eigenvalue weighted by Crippen LogP contribution is 2.35. The van der Waals surface area contributed by atoms with E-state index in [0.717, 1.165) is 34.7 Å². The summed E-state index contributed by atoms with van der Waals surface area (Å²) in [5.74, 6) is 2.48. The number of hydrogen-bond acceptors (Lipinski definition) is 4. The zero-order chi connectivity index (χ0) is 23.1. The van der Waals surface area contributed by atoms with Gasteiger partial charge in [0.25, 0.3) is 0 Å². The predicted octanol–water partition coefficient (Wildman–Crippen LogP) is 4.49. The number of benzene rings is 2. The van der Waals surface area contributed by atoms with Crippen LogP contribution in [0.1, 0.15) is 44.4 Å². The quantitative estimate of drug-likeness (QED) is 0.249. The van der Waals surface area contributed by atoms with Crippen LogP contribution in [0.25, 0.3) is 0 Å². The molecule has 1 aliphatic heterocycles. The summed E-state index contributed by atoms with van der Waals surface area (Å²) in [6, 6.07) is 12.0. The summed E-state index contributed by atoms with van der Waals surface area (Å²) in [7, 11) is 1.75. The Balaban J connectivity index is 0.00000385. The molecule has 0 bridgehead atoms. The van der Waals surface area contributed by atoms with Crippen molar-refractivity contribution in [3.8, 4) is 11.5 Å². The second-order valence-corrected chi connectivity index (χ2v) is 8.25. The maximum absolute atomic E-state index is 11.8. The molecule has 1 heterocycles. The Morgan fingerprint density at radius 2 is 1.88 bits per heavy atom. The molecule has 0 saturated heterocycles. The van der Waals surface area contributed by atoms with E-state index in [1.54, 1.807) is 7.05 Å². The van der Waals surface area contributed by atoms with Crippen LogP contribution in [0.5, 0.6) is 11.5 Å². The molecule has 0 spiro atoms. The van der Waals surface area contributed by atoms with E-state index in [9.17, 15) is 4.79 Å². The molecule has 7 nitrogen and oxygen atoms in total. The third kappa shape index (κ3) is 7.52. The van der Waals surface area contributed by atoms with Gasteiger partial charge >= 0.3 is 0 Å². The summed E-state index contributed by atoms with van der Waals surface area (Å²) in [4.78, 5) is 16.1. The third-order valence-electron chi connectivity index (χ3n) is 5.25. The normalized spacial score (nSPS) is 14.7. The van der Waals surface area contributed by atoms with E-state index < -0.39 is 0 Å². The summed E-state index contributed by atoms with van der Waals surface area (Å²) >= 11 is 0. The first-order chi connectivity index (χ1) is 15.4. The van der Waals surface area contributed by atoms with E-state index >= 15 is 0 Å². The SMILES string of the molecule is CCOc1cc2c(cc1CNC(=NC)NCc1ccc(NC(=O)C(C)C)cc1)OC(C)C2.I. The Morgan fingerprint density at radius 1 is 1.18 bits per heavy atom. The van der Waals surface area contributed by atoms with Crippen LogP contribution in [0.4, 0.5) is 5.69 Å². The molecule has 0 fully saturated rings. The highest BCUT2D eigenvalue weighted by atomic mass is 127. The van der Waals surface area contributed by atoms with Crippen LogP contribution in [-0.2, 0) is 24.3 Å². The number of ether oxygens (including phenoxy) is 2. The highest BCUT2D eigenvalue weighted by molar-refractivity contribution is 14.0. The zero-order valence-electron chi connectivity index (χ0n) is 20.0. The molecule has 1 amide bonds. The first-order valence-corrected chi connectivity index (χ1v) is 11.2. The molecule has 1 unspecified atom stereocenters. The lowest BCUT2D eigenvalue weighted by molar-refractivity contribution is -0.118. The Labute approximate surface area is 213 Å². The lowest BCUT2D eigenvalue weighted by Gasteiger charge is -2.16. The smallest absolute Gasteiger partial charge is 0.226 e. The number of nitrogens with zero attached hydrogens (tertiary/aromatic N) is 1. The van der Waals surface area contributed by atoms with Gasteiger partial charge in [-0.15, -0.1) is 24.0 Å². The second-order valence-electron chi connectivity index (χ2n) is 8.25. The third-order valence-corrected chi connectivity index (χ3v) is 5.25. The number of guanidine groups is 1. The van der Waals surface area contributed by atoms with Gasteiger partial charge in [-0.3, -0.25) is 9.79 Å². The van der Waals surface area contributed by atoms with Gasteiger partial charge < -0.3 is 25.4 Å². The number of fused-ring (bicyclic) bond motifs is 1. The Bertz CT molecular complexity index is 961. The predicted molar refractivity (Wildman–Crippen MR) is 144 cm³/mol. The summed E-state index contributed by atoms with van der Waals surface area (Å²) in [6.07, 6.45) is 1.11. The molecule has 0 radical (unpaired) electrons. The van der Waals surface area contributed by atoms with E-state index in [-0.39, 0.29) is 41.9 Å². The summed E-state index contributed by atoms with van der Waals surface area (Å²) in [5.41, 5.74) is 4.12. The van der Waals surface area contributed by atoms with Crippen LogP contribution in [0.2, 0.25) is 0 Å². The van der Waals surface area contributed by atoms with Crippen LogP contribution >= 0.6 is 24.0 Å². The molecule has 3 N–H and O–H groups in total. The lowest BCUT2D eigenvalue weighted by Crippen LogP contribution is -2.36. The van der Waals surface area contributed by atoms with Gasteiger partial charge in [0.1, 0.15) is 17.6 Å². The molecule has 0 aromatic heterocycles. The fraction of sp³-hybridized carbons (Fsp3) is 0.440. The van der Waals surface area contributed by atoms with Crippen LogP contribution in [0, 0.1) is 5.92 Å². The molecule has 1 atom stereocenters. The summed E-state index contributed by atoms with van der Waals surface area (Å²) in [6.45, 7) is 9.61. The van der Waals surface area contributed by atoms with E-state index in [4.69, 9.17) is 9.47 Å². The largest absolute Gasteiger partial charge is 0.494 e. The molecule has 33 heavy (non-hydrogen) atoms. The van der Waals surface area contributed by atoms with Gasteiger partial charge in [-0.1, -0.05) is 26.0 Å². The minimum absolute atomic E-state index is 0. The average molecular weight is 566 g/mol. The van der Waals surface area contributed by atoms with Crippen LogP contribution < -0.4 is 25.4 Å². The van der Waals surface area contributed by atoms with Crippen molar-refractivity contribution in [2.75, 3.05) is 19.0 Å². The number of rotatable bonds is 8. The minimum atomic E-state index is -0.0466. The van der Waals surface area contributed by atoms with E-state index in [2.05, 4.69) is 40.0 Å². The Hall–Kier alpha value is -2.49. The van der Waals surface area contributed by atoms with Gasteiger partial charge in [0.15, 0.2) is 5.96 Å². The molecular weight excluding hydrogens is 531 g/mol. The molecule has 3 rings (SSSR count). The Kier molecular flexibility index (Phi) is 10.3. The van der Waals surface area contributed by atoms with Crippen molar-refractivity contribution in [2.45, 2.75) is 53.3 Å². The van der Waals surface area contributed by atoms with E-state index in [1.165, 1.54) is 5.56 Å². The van der Waals surface area contributed by atoms with Crippen LogP contribution in [-0.4, -0.2) is 31.6 Å². The van der Waals surface area contributed by atoms with Crippen LogP contribution in [0.15, 0.2) is 41.4 Å². The molecule has 2 aromatic rings. The molecular formula is C25H35IN4O3. The number of carbonyl (C=O) groups excluding carboxylic acids is 1. The van der Waals surface area contributed by atoms with Gasteiger partial charge in [-0.25, -0.2) is 0 Å². The molecule has 8 heteroatoms. The van der Waals surface area contributed by atoms with Crippen molar-refractivity contribution >= 4 is 41.5 Å². The summed E-state index contributed by atoms with van der Waals surface area (Å²) in [5, 5.41) is 9.58. The van der Waals surface area contributed by atoms with Gasteiger partial charge in [0.05, 0.1) is 6.61 Å². The average Bonchev–Trinajstić information content (AvgIpc) is 3.13. The number of anilines is 1. The van der Waals surface area contributed by atoms with Gasteiger partial charge in [0.2, 0.25) is 5.91 Å². The fourth-order valence-corrected chi connectivity index (χ4v) is 3.49. The van der Waals surface area contributed by atoms with Gasteiger partial charge in [-0.05, 0) is 43.7 Å². The van der Waals surface area contributed by atoms with Crippen molar-refractivity contribution < 1.29 is 14.3 Å². The first-order valence-electron chi connectivity index (χ1n) is 11.2. The highest BCUT2D eigenvalue weighted by Gasteiger charge is 2.22. The molecule has 2 aromatic carbocycles. The van der Waals surface area contributed by atoms with Crippen molar-refractivity contribution in [3.05, 3.63) is 53.1 Å². The van der Waals surface area contributed by atoms with Gasteiger partial charge in [-0.2, -0.15) is 0 Å². The number of aliphatic imine (C=N–C) groups is 1. The first kappa shape index (κ1) is 26.8. The number of hydrogen-bond donors (Lipinski definition) is 3. The zero-order valence-corrected chi connectivity index (χ0v) is 22.4. The van der Waals surface area contributed by atoms with E-state index in [1.807, 2.05) is 45.0 Å². The number of carbonyl (C=O) groups is 1. The monoisotopic (exact) mass is 566 g/mol. The maximum Gasteiger partial charge on any atom is 0.226 e. The lowest BCUT2D eigenvalue weighted by atomic mass is 10.1. The molecule has 0 aliphatic carbocycles. The Morgan fingerprint density at radius 3 is 2.52 bits per heavy atom. The molecule has 0 saturated carbocycles. The standard InChI is InChI=1S/C25H34N4O3.HI/c1-6-31-22-12-19-11-17(4)32-23(19)13-20(22)15-28-25(26-5)27-14-18-7-9-21(10-8-18)29-24(30)16(2)3;/h7-10,12-13,16-17H,6,11,14-15H2,1-5H3,(H,29,30)(H2,26,27,28);1H. The van der Waals surface area contributed by atoms with Crippen molar-refractivity contribution in [1.82, 2.24) is 10.6 Å². The topological polar surface area (TPSA) is 84.0 Å². The maximum atomic E-state index is 11.8. The summed E-state index contributed by atoms with van der Waals surface area (Å²) < 4.78 is 11.8. The van der Waals surface area contributed by atoms with Gasteiger partial charge in [0, 0.05) is 49.3 Å². The molecule has 1 aliphatic rings. The van der Waals surface area contributed by atoms with E-state index in [0.29, 0.717) is 25.7 Å². The van der Waals surface area contributed by atoms with Crippen molar-refractivity contribution in [2.24, 2.45) is 10.9 Å². The molecule has 180 valence electrons. The van der Waals surface area contributed by atoms with Crippen LogP contribution in [0.3, 0.4) is 0 Å². The number of nitrogens with one attached hydrogen (secondary N) is 3. The minimum Gasteiger partial charge on any atom is -0.494 e. The van der Waals surface area contributed by atoms with Crippen molar-refractivity contribution in [1.29, 1.82) is 0 Å². The second kappa shape index (κ2) is 12.7. The number of amides is 1. The fourth-order valence-electron chi connectivity index (χ4n) is 3.49. The van der Waals surface area contributed by atoms with Crippen molar-refractivity contribution in [3.63, 3.8) is 0 Å². The number of halogens is 1.